The Balaban J connectivity index is 1.54. The Morgan fingerprint density at radius 1 is 1.24 bits per heavy atom. The maximum Gasteiger partial charge on any atom is 0.338 e. The minimum atomic E-state index is -0.909. The summed E-state index contributed by atoms with van der Waals surface area (Å²) in [6.45, 7) is 1.76. The third kappa shape index (κ3) is 4.14. The zero-order valence-electron chi connectivity index (χ0n) is 13.6. The van der Waals surface area contributed by atoms with Crippen molar-refractivity contribution in [3.63, 3.8) is 0 Å². The van der Waals surface area contributed by atoms with Gasteiger partial charge < -0.3 is 14.5 Å². The quantitative estimate of drug-likeness (QED) is 0.697. The molecule has 25 heavy (non-hydrogen) atoms. The standard InChI is InChI=1S/C18H17N3O4/c1-13(17(22)19-12-16-4-2-11-24-16)25-18(23)14-5-7-15(8-6-14)21-10-3-9-20-21/h2-11,13H,12H2,1H3,(H,19,22). The number of carbonyl (C=O) groups excluding carboxylic acids is 2. The Labute approximate surface area is 144 Å². The number of furan rings is 1. The number of benzene rings is 1. The molecule has 0 aliphatic rings. The number of hydrogen-bond acceptors (Lipinski definition) is 5. The third-order valence-electron chi connectivity index (χ3n) is 3.54. The van der Waals surface area contributed by atoms with E-state index in [1.165, 1.54) is 13.2 Å². The molecule has 0 saturated heterocycles. The number of rotatable bonds is 6. The molecule has 0 aliphatic carbocycles. The molecule has 7 heteroatoms. The molecular weight excluding hydrogens is 322 g/mol. The van der Waals surface area contributed by atoms with Crippen LogP contribution in [0.3, 0.4) is 0 Å². The van der Waals surface area contributed by atoms with Crippen LogP contribution >= 0.6 is 0 Å². The lowest BCUT2D eigenvalue weighted by Crippen LogP contribution is -2.35. The molecule has 128 valence electrons. The van der Waals surface area contributed by atoms with Crippen LogP contribution in [0.15, 0.2) is 65.5 Å². The molecule has 7 nitrogen and oxygen atoms in total. The molecule has 0 fully saturated rings. The Hall–Kier alpha value is -3.35. The second-order valence-corrected chi connectivity index (χ2v) is 5.34. The summed E-state index contributed by atoms with van der Waals surface area (Å²) in [4.78, 5) is 24.1. The van der Waals surface area contributed by atoms with Gasteiger partial charge in [0.05, 0.1) is 24.1 Å². The van der Waals surface area contributed by atoms with Crippen molar-refractivity contribution in [2.24, 2.45) is 0 Å². The van der Waals surface area contributed by atoms with Crippen LogP contribution in [0.1, 0.15) is 23.0 Å². The van der Waals surface area contributed by atoms with Gasteiger partial charge in [-0.05, 0) is 49.4 Å². The largest absolute Gasteiger partial charge is 0.467 e. The lowest BCUT2D eigenvalue weighted by atomic mass is 10.2. The summed E-state index contributed by atoms with van der Waals surface area (Å²) < 4.78 is 12.0. The molecule has 0 spiro atoms. The van der Waals surface area contributed by atoms with Crippen LogP contribution in [0.5, 0.6) is 0 Å². The normalized spacial score (nSPS) is 11.7. The fourth-order valence-electron chi connectivity index (χ4n) is 2.19. The number of aromatic nitrogens is 2. The molecule has 3 rings (SSSR count). The van der Waals surface area contributed by atoms with Crippen LogP contribution < -0.4 is 5.32 Å². The molecule has 0 radical (unpaired) electrons. The summed E-state index contributed by atoms with van der Waals surface area (Å²) in [6.07, 6.45) is 4.09. The molecule has 1 unspecified atom stereocenters. The first-order chi connectivity index (χ1) is 12.1. The Morgan fingerprint density at radius 3 is 2.68 bits per heavy atom. The Bertz CT molecular complexity index is 824. The van der Waals surface area contributed by atoms with Crippen LogP contribution in [0.4, 0.5) is 0 Å². The summed E-state index contributed by atoms with van der Waals surface area (Å²) in [7, 11) is 0. The minimum Gasteiger partial charge on any atom is -0.467 e. The number of nitrogens with zero attached hydrogens (tertiary/aromatic N) is 2. The molecule has 1 atom stereocenters. The van der Waals surface area contributed by atoms with E-state index in [0.717, 1.165) is 5.69 Å². The van der Waals surface area contributed by atoms with Crippen molar-refractivity contribution in [1.29, 1.82) is 0 Å². The second-order valence-electron chi connectivity index (χ2n) is 5.34. The molecule has 0 bridgehead atoms. The molecule has 1 amide bonds. The van der Waals surface area contributed by atoms with Gasteiger partial charge in [-0.2, -0.15) is 5.10 Å². The second kappa shape index (κ2) is 7.48. The molecule has 3 aromatic rings. The van der Waals surface area contributed by atoms with Crippen molar-refractivity contribution in [2.45, 2.75) is 19.6 Å². The average molecular weight is 339 g/mol. The van der Waals surface area contributed by atoms with E-state index >= 15 is 0 Å². The Morgan fingerprint density at radius 2 is 2.04 bits per heavy atom. The monoisotopic (exact) mass is 339 g/mol. The SMILES string of the molecule is CC(OC(=O)c1ccc(-n2cccn2)cc1)C(=O)NCc1ccco1. The van der Waals surface area contributed by atoms with Crippen molar-refractivity contribution in [1.82, 2.24) is 15.1 Å². The van der Waals surface area contributed by atoms with Gasteiger partial charge in [0.25, 0.3) is 5.91 Å². The lowest BCUT2D eigenvalue weighted by molar-refractivity contribution is -0.129. The number of nitrogens with one attached hydrogen (secondary N) is 1. The molecule has 1 N–H and O–H groups in total. The molecule has 0 aliphatic heterocycles. The molecule has 1 aromatic carbocycles. The van der Waals surface area contributed by atoms with Crippen molar-refractivity contribution in [3.05, 3.63) is 72.4 Å². The van der Waals surface area contributed by atoms with Gasteiger partial charge in [0.1, 0.15) is 5.76 Å². The smallest absolute Gasteiger partial charge is 0.338 e. The highest BCUT2D eigenvalue weighted by atomic mass is 16.5. The van der Waals surface area contributed by atoms with Gasteiger partial charge in [0.2, 0.25) is 0 Å². The van der Waals surface area contributed by atoms with Crippen molar-refractivity contribution < 1.29 is 18.7 Å². The zero-order chi connectivity index (χ0) is 17.6. The summed E-state index contributed by atoms with van der Waals surface area (Å²) >= 11 is 0. The molecule has 2 aromatic heterocycles. The van der Waals surface area contributed by atoms with E-state index < -0.39 is 18.0 Å². The van der Waals surface area contributed by atoms with Crippen LogP contribution in [0.25, 0.3) is 5.69 Å². The van der Waals surface area contributed by atoms with Crippen molar-refractivity contribution in [2.75, 3.05) is 0 Å². The minimum absolute atomic E-state index is 0.242. The number of esters is 1. The predicted octanol–water partition coefficient (Wildman–Crippen LogP) is 2.33. The predicted molar refractivity (Wildman–Crippen MR) is 89.0 cm³/mol. The van der Waals surface area contributed by atoms with E-state index in [1.807, 2.05) is 6.07 Å². The third-order valence-corrected chi connectivity index (χ3v) is 3.54. The highest BCUT2D eigenvalue weighted by Gasteiger charge is 2.19. The molecule has 0 saturated carbocycles. The van der Waals surface area contributed by atoms with Gasteiger partial charge in [-0.3, -0.25) is 4.79 Å². The van der Waals surface area contributed by atoms with Gasteiger partial charge in [0.15, 0.2) is 6.10 Å². The topological polar surface area (TPSA) is 86.4 Å². The highest BCUT2D eigenvalue weighted by Crippen LogP contribution is 2.11. The summed E-state index contributed by atoms with van der Waals surface area (Å²) in [5, 5.41) is 6.76. The van der Waals surface area contributed by atoms with E-state index in [-0.39, 0.29) is 6.54 Å². The van der Waals surface area contributed by atoms with Crippen molar-refractivity contribution >= 4 is 11.9 Å². The van der Waals surface area contributed by atoms with Gasteiger partial charge in [-0.1, -0.05) is 0 Å². The fourth-order valence-corrected chi connectivity index (χ4v) is 2.19. The first-order valence-electron chi connectivity index (χ1n) is 7.74. The van der Waals surface area contributed by atoms with Crippen LogP contribution in [0.2, 0.25) is 0 Å². The van der Waals surface area contributed by atoms with Gasteiger partial charge in [-0.25, -0.2) is 9.48 Å². The van der Waals surface area contributed by atoms with Crippen LogP contribution in [-0.4, -0.2) is 27.8 Å². The summed E-state index contributed by atoms with van der Waals surface area (Å²) in [6, 6.07) is 12.1. The molecule has 2 heterocycles. The van der Waals surface area contributed by atoms with Crippen LogP contribution in [0, 0.1) is 0 Å². The van der Waals surface area contributed by atoms with Gasteiger partial charge in [-0.15, -0.1) is 0 Å². The number of hydrogen-bond donors (Lipinski definition) is 1. The van der Waals surface area contributed by atoms with E-state index in [0.29, 0.717) is 11.3 Å². The van der Waals surface area contributed by atoms with E-state index in [9.17, 15) is 9.59 Å². The number of amides is 1. The zero-order valence-corrected chi connectivity index (χ0v) is 13.6. The van der Waals surface area contributed by atoms with E-state index in [4.69, 9.17) is 9.15 Å². The maximum atomic E-state index is 12.1. The maximum absolute atomic E-state index is 12.1. The first-order valence-corrected chi connectivity index (χ1v) is 7.74. The fraction of sp³-hybridized carbons (Fsp3) is 0.167. The van der Waals surface area contributed by atoms with Crippen molar-refractivity contribution in [3.8, 4) is 5.69 Å². The lowest BCUT2D eigenvalue weighted by Gasteiger charge is -2.13. The number of ether oxygens (including phenoxy) is 1. The Kier molecular flexibility index (Phi) is 4.94. The number of carbonyl (C=O) groups is 2. The molecular formula is C18H17N3O4. The van der Waals surface area contributed by atoms with Gasteiger partial charge >= 0.3 is 5.97 Å². The van der Waals surface area contributed by atoms with Crippen LogP contribution in [-0.2, 0) is 16.1 Å². The highest BCUT2D eigenvalue weighted by molar-refractivity contribution is 5.92. The first kappa shape index (κ1) is 16.5. The average Bonchev–Trinajstić information content (AvgIpc) is 3.33. The van der Waals surface area contributed by atoms with Gasteiger partial charge in [0, 0.05) is 12.4 Å². The van der Waals surface area contributed by atoms with E-state index in [1.54, 1.807) is 53.5 Å². The summed E-state index contributed by atoms with van der Waals surface area (Å²) in [5.74, 6) is -0.327. The summed E-state index contributed by atoms with van der Waals surface area (Å²) in [5.41, 5.74) is 1.19. The van der Waals surface area contributed by atoms with E-state index in [2.05, 4.69) is 10.4 Å².